The predicted octanol–water partition coefficient (Wildman–Crippen LogP) is 4.09. The van der Waals surface area contributed by atoms with Crippen molar-refractivity contribution >= 4 is 17.4 Å². The molecule has 0 aliphatic heterocycles. The Morgan fingerprint density at radius 2 is 2.26 bits per heavy atom. The number of carbonyl (C=O) groups excluding carboxylic acids is 1. The van der Waals surface area contributed by atoms with Gasteiger partial charge in [0.2, 0.25) is 0 Å². The quantitative estimate of drug-likeness (QED) is 0.809. The van der Waals surface area contributed by atoms with Crippen molar-refractivity contribution in [2.45, 2.75) is 38.6 Å². The minimum absolute atomic E-state index is 0.300. The van der Waals surface area contributed by atoms with E-state index in [0.717, 1.165) is 37.3 Å². The van der Waals surface area contributed by atoms with Gasteiger partial charge in [0.15, 0.2) is 0 Å². The lowest BCUT2D eigenvalue weighted by Crippen LogP contribution is -2.26. The molecule has 2 unspecified atom stereocenters. The normalized spacial score (nSPS) is 21.1. The molecule has 3 heteroatoms. The van der Waals surface area contributed by atoms with Crippen molar-refractivity contribution in [2.24, 2.45) is 5.92 Å². The number of rotatable bonds is 5. The van der Waals surface area contributed by atoms with Gasteiger partial charge in [0.05, 0.1) is 0 Å². The molecule has 1 saturated carbocycles. The van der Waals surface area contributed by atoms with E-state index < -0.39 is 0 Å². The number of carbonyl (C=O) groups is 1. The second kappa shape index (κ2) is 6.53. The van der Waals surface area contributed by atoms with Gasteiger partial charge < -0.3 is 0 Å². The van der Waals surface area contributed by atoms with Gasteiger partial charge in [0.25, 0.3) is 0 Å². The number of nitrogens with zero attached hydrogens (tertiary/aromatic N) is 1. The van der Waals surface area contributed by atoms with Crippen LogP contribution < -0.4 is 0 Å². The maximum Gasteiger partial charge on any atom is 0.136 e. The number of benzene rings is 1. The fraction of sp³-hybridized carbons (Fsp3) is 0.562. The van der Waals surface area contributed by atoms with Crippen LogP contribution in [-0.4, -0.2) is 24.3 Å². The molecule has 0 saturated heterocycles. The number of Topliss-reactive ketones (excluding diaryl/α,β-unsaturated/α-hetero) is 1. The Hall–Kier alpha value is -0.860. The van der Waals surface area contributed by atoms with Gasteiger partial charge in [-0.3, -0.25) is 9.69 Å². The maximum atomic E-state index is 11.6. The fourth-order valence-electron chi connectivity index (χ4n) is 2.77. The predicted molar refractivity (Wildman–Crippen MR) is 79.5 cm³/mol. The van der Waals surface area contributed by atoms with Crippen molar-refractivity contribution in [2.75, 3.05) is 13.6 Å². The average Bonchev–Trinajstić information content (AvgIpc) is 2.80. The maximum absolute atomic E-state index is 11.6. The minimum Gasteiger partial charge on any atom is -0.300 e. The lowest BCUT2D eigenvalue weighted by molar-refractivity contribution is -0.120. The van der Waals surface area contributed by atoms with Gasteiger partial charge in [-0.2, -0.15) is 0 Å². The molecule has 1 fully saturated rings. The summed E-state index contributed by atoms with van der Waals surface area (Å²) in [4.78, 5) is 13.9. The van der Waals surface area contributed by atoms with E-state index in [2.05, 4.69) is 24.9 Å². The van der Waals surface area contributed by atoms with Gasteiger partial charge in [0.1, 0.15) is 5.78 Å². The fourth-order valence-corrected chi connectivity index (χ4v) is 2.97. The first-order chi connectivity index (χ1) is 9.08. The van der Waals surface area contributed by atoms with Crippen molar-refractivity contribution in [3.8, 4) is 0 Å². The van der Waals surface area contributed by atoms with E-state index >= 15 is 0 Å². The van der Waals surface area contributed by atoms with Crippen LogP contribution in [0.2, 0.25) is 5.02 Å². The summed E-state index contributed by atoms with van der Waals surface area (Å²) in [5.41, 5.74) is 1.23. The van der Waals surface area contributed by atoms with Gasteiger partial charge in [-0.1, -0.05) is 23.7 Å². The van der Waals surface area contributed by atoms with E-state index in [9.17, 15) is 4.79 Å². The standard InChI is InChI=1S/C16H22ClNO/c1-12(14-6-3-7-15(17)11-14)18(2)10-9-13-5-4-8-16(13)19/h3,6-7,11-13H,4-5,8-10H2,1-2H3. The number of ketones is 1. The van der Waals surface area contributed by atoms with E-state index in [-0.39, 0.29) is 0 Å². The van der Waals surface area contributed by atoms with Gasteiger partial charge in [0, 0.05) is 23.4 Å². The average molecular weight is 280 g/mol. The Morgan fingerprint density at radius 1 is 1.47 bits per heavy atom. The summed E-state index contributed by atoms with van der Waals surface area (Å²) in [5.74, 6) is 0.762. The summed E-state index contributed by atoms with van der Waals surface area (Å²) in [5, 5.41) is 0.781. The van der Waals surface area contributed by atoms with E-state index in [0.29, 0.717) is 17.7 Å². The summed E-state index contributed by atoms with van der Waals surface area (Å²) >= 11 is 6.03. The minimum atomic E-state index is 0.300. The first-order valence-electron chi connectivity index (χ1n) is 7.06. The second-order valence-corrected chi connectivity index (χ2v) is 5.99. The first kappa shape index (κ1) is 14.5. The molecule has 0 amide bonds. The molecule has 2 nitrogen and oxygen atoms in total. The molecule has 0 bridgehead atoms. The molecule has 0 spiro atoms. The molecule has 1 aromatic rings. The Labute approximate surface area is 120 Å². The number of hydrogen-bond acceptors (Lipinski definition) is 2. The zero-order chi connectivity index (χ0) is 13.8. The van der Waals surface area contributed by atoms with Gasteiger partial charge in [-0.25, -0.2) is 0 Å². The van der Waals surface area contributed by atoms with E-state index in [4.69, 9.17) is 11.6 Å². The third kappa shape index (κ3) is 3.80. The highest BCUT2D eigenvalue weighted by molar-refractivity contribution is 6.30. The van der Waals surface area contributed by atoms with Gasteiger partial charge in [-0.15, -0.1) is 0 Å². The SMILES string of the molecule is CC(c1cccc(Cl)c1)N(C)CCC1CCCC1=O. The highest BCUT2D eigenvalue weighted by Gasteiger charge is 2.24. The zero-order valence-corrected chi connectivity index (χ0v) is 12.5. The van der Waals surface area contributed by atoms with Crippen LogP contribution in [0.15, 0.2) is 24.3 Å². The van der Waals surface area contributed by atoms with Crippen LogP contribution in [0, 0.1) is 5.92 Å². The molecular weight excluding hydrogens is 258 g/mol. The lowest BCUT2D eigenvalue weighted by atomic mass is 10.0. The molecule has 19 heavy (non-hydrogen) atoms. The molecular formula is C16H22ClNO. The van der Waals surface area contributed by atoms with Crippen molar-refractivity contribution in [1.29, 1.82) is 0 Å². The molecule has 104 valence electrons. The van der Waals surface area contributed by atoms with Crippen LogP contribution in [0.25, 0.3) is 0 Å². The summed E-state index contributed by atoms with van der Waals surface area (Å²) in [6.45, 7) is 3.15. The highest BCUT2D eigenvalue weighted by atomic mass is 35.5. The van der Waals surface area contributed by atoms with Crippen LogP contribution in [0.4, 0.5) is 0 Å². The summed E-state index contributed by atoms with van der Waals surface area (Å²) in [6, 6.07) is 8.34. The summed E-state index contributed by atoms with van der Waals surface area (Å²) in [6.07, 6.45) is 3.94. The molecule has 1 aliphatic rings. The van der Waals surface area contributed by atoms with Crippen molar-refractivity contribution < 1.29 is 4.79 Å². The molecule has 2 rings (SSSR count). The van der Waals surface area contributed by atoms with Gasteiger partial charge in [-0.05, 0) is 57.5 Å². The van der Waals surface area contributed by atoms with Crippen molar-refractivity contribution in [3.05, 3.63) is 34.9 Å². The van der Waals surface area contributed by atoms with Crippen LogP contribution in [0.1, 0.15) is 44.2 Å². The van der Waals surface area contributed by atoms with E-state index in [1.807, 2.05) is 18.2 Å². The largest absolute Gasteiger partial charge is 0.300 e. The Morgan fingerprint density at radius 3 is 2.89 bits per heavy atom. The Kier molecular flexibility index (Phi) is 5.00. The topological polar surface area (TPSA) is 20.3 Å². The number of hydrogen-bond donors (Lipinski definition) is 0. The molecule has 1 aliphatic carbocycles. The van der Waals surface area contributed by atoms with Crippen LogP contribution in [0.5, 0.6) is 0 Å². The molecule has 0 N–H and O–H groups in total. The molecule has 0 heterocycles. The molecule has 2 atom stereocenters. The third-order valence-electron chi connectivity index (χ3n) is 4.25. The molecule has 0 aromatic heterocycles. The number of halogens is 1. The third-order valence-corrected chi connectivity index (χ3v) is 4.49. The monoisotopic (exact) mass is 279 g/mol. The summed E-state index contributed by atoms with van der Waals surface area (Å²) in [7, 11) is 2.12. The first-order valence-corrected chi connectivity index (χ1v) is 7.44. The van der Waals surface area contributed by atoms with Gasteiger partial charge >= 0.3 is 0 Å². The summed E-state index contributed by atoms with van der Waals surface area (Å²) < 4.78 is 0. The molecule has 0 radical (unpaired) electrons. The Bertz CT molecular complexity index is 446. The lowest BCUT2D eigenvalue weighted by Gasteiger charge is -2.26. The zero-order valence-electron chi connectivity index (χ0n) is 11.7. The smallest absolute Gasteiger partial charge is 0.136 e. The van der Waals surface area contributed by atoms with Crippen LogP contribution in [-0.2, 0) is 4.79 Å². The van der Waals surface area contributed by atoms with Crippen LogP contribution in [0.3, 0.4) is 0 Å². The van der Waals surface area contributed by atoms with Crippen molar-refractivity contribution in [3.63, 3.8) is 0 Å². The van der Waals surface area contributed by atoms with Crippen molar-refractivity contribution in [1.82, 2.24) is 4.90 Å². The van der Waals surface area contributed by atoms with Crippen LogP contribution >= 0.6 is 11.6 Å². The highest BCUT2D eigenvalue weighted by Crippen LogP contribution is 2.26. The van der Waals surface area contributed by atoms with E-state index in [1.54, 1.807) is 0 Å². The Balaban J connectivity index is 1.88. The molecule has 1 aromatic carbocycles. The van der Waals surface area contributed by atoms with E-state index in [1.165, 1.54) is 5.56 Å². The second-order valence-electron chi connectivity index (χ2n) is 5.56.